The first-order valence-corrected chi connectivity index (χ1v) is 7.55. The second kappa shape index (κ2) is 5.86. The number of rotatable bonds is 3. The van der Waals surface area contributed by atoms with E-state index >= 15 is 0 Å². The lowest BCUT2D eigenvalue weighted by Crippen LogP contribution is -2.27. The third kappa shape index (κ3) is 2.79. The predicted octanol–water partition coefficient (Wildman–Crippen LogP) is 3.80. The van der Waals surface area contributed by atoms with Gasteiger partial charge < -0.3 is 10.6 Å². The molecule has 3 heteroatoms. The molecule has 0 fully saturated rings. The van der Waals surface area contributed by atoms with E-state index < -0.39 is 0 Å². The third-order valence-corrected chi connectivity index (χ3v) is 3.99. The Labute approximate surface area is 125 Å². The molecule has 1 aliphatic rings. The molecule has 0 aliphatic carbocycles. The van der Waals surface area contributed by atoms with E-state index in [4.69, 9.17) is 5.73 Å². The topological polar surface area (TPSA) is 29.3 Å². The fraction of sp³-hybridized carbons (Fsp3) is 0.333. The smallest absolute Gasteiger partial charge is 0.147 e. The van der Waals surface area contributed by atoms with E-state index in [9.17, 15) is 4.39 Å². The lowest BCUT2D eigenvalue weighted by Gasteiger charge is -2.33. The van der Waals surface area contributed by atoms with E-state index in [1.165, 1.54) is 11.6 Å². The van der Waals surface area contributed by atoms with Crippen LogP contribution in [0.1, 0.15) is 24.5 Å². The second-order valence-electron chi connectivity index (χ2n) is 5.81. The average Bonchev–Trinajstić information content (AvgIpc) is 2.47. The molecule has 2 N–H and O–H groups in total. The van der Waals surface area contributed by atoms with Crippen molar-refractivity contribution in [1.82, 2.24) is 0 Å². The van der Waals surface area contributed by atoms with Gasteiger partial charge in [-0.1, -0.05) is 30.3 Å². The molecule has 1 unspecified atom stereocenters. The summed E-state index contributed by atoms with van der Waals surface area (Å²) >= 11 is 0. The van der Waals surface area contributed by atoms with E-state index in [1.54, 1.807) is 6.07 Å². The van der Waals surface area contributed by atoms with Gasteiger partial charge in [-0.2, -0.15) is 0 Å². The molecule has 0 bridgehead atoms. The molecule has 0 saturated carbocycles. The van der Waals surface area contributed by atoms with Crippen molar-refractivity contribution < 1.29 is 4.39 Å². The van der Waals surface area contributed by atoms with Gasteiger partial charge in [-0.3, -0.25) is 0 Å². The summed E-state index contributed by atoms with van der Waals surface area (Å²) in [6.07, 6.45) is 2.79. The largest absolute Gasteiger partial charge is 0.339 e. The zero-order valence-corrected chi connectivity index (χ0v) is 12.3. The van der Waals surface area contributed by atoms with Gasteiger partial charge in [0.15, 0.2) is 0 Å². The van der Waals surface area contributed by atoms with Gasteiger partial charge in [0, 0.05) is 18.3 Å². The van der Waals surface area contributed by atoms with Crippen molar-refractivity contribution in [2.45, 2.75) is 32.2 Å². The zero-order chi connectivity index (χ0) is 14.8. The molecule has 0 amide bonds. The van der Waals surface area contributed by atoms with Crippen molar-refractivity contribution in [1.29, 1.82) is 0 Å². The summed E-state index contributed by atoms with van der Waals surface area (Å²) in [5.74, 6) is -0.162. The molecule has 2 aromatic rings. The summed E-state index contributed by atoms with van der Waals surface area (Å²) in [6.45, 7) is 2.81. The van der Waals surface area contributed by atoms with Gasteiger partial charge in [-0.15, -0.1) is 0 Å². The van der Waals surface area contributed by atoms with Crippen LogP contribution in [0.25, 0.3) is 0 Å². The number of fused-ring (bicyclic) bond motifs is 1. The number of hydrogen-bond acceptors (Lipinski definition) is 2. The Morgan fingerprint density at radius 1 is 1.19 bits per heavy atom. The van der Waals surface area contributed by atoms with Crippen molar-refractivity contribution >= 4 is 11.4 Å². The van der Waals surface area contributed by atoms with Crippen molar-refractivity contribution in [3.63, 3.8) is 0 Å². The molecule has 0 saturated heterocycles. The van der Waals surface area contributed by atoms with Crippen LogP contribution in [-0.4, -0.2) is 12.6 Å². The minimum Gasteiger partial charge on any atom is -0.339 e. The van der Waals surface area contributed by atoms with E-state index in [0.29, 0.717) is 12.1 Å². The highest BCUT2D eigenvalue weighted by Crippen LogP contribution is 2.37. The maximum Gasteiger partial charge on any atom is 0.147 e. The van der Waals surface area contributed by atoms with Crippen LogP contribution >= 0.6 is 0 Å². The van der Waals surface area contributed by atoms with Crippen LogP contribution in [0.4, 0.5) is 15.8 Å². The van der Waals surface area contributed by atoms with Gasteiger partial charge >= 0.3 is 0 Å². The molecule has 1 heterocycles. The molecule has 0 aromatic heterocycles. The molecule has 1 aliphatic heterocycles. The monoisotopic (exact) mass is 284 g/mol. The average molecular weight is 284 g/mol. The van der Waals surface area contributed by atoms with Gasteiger partial charge in [0.25, 0.3) is 0 Å². The number of nitrogens with two attached hydrogens (primary N) is 1. The van der Waals surface area contributed by atoms with Gasteiger partial charge in [-0.05, 0) is 49.4 Å². The lowest BCUT2D eigenvalue weighted by atomic mass is 9.98. The van der Waals surface area contributed by atoms with Crippen LogP contribution in [0.3, 0.4) is 0 Å². The highest BCUT2D eigenvalue weighted by molar-refractivity contribution is 5.70. The molecule has 0 radical (unpaired) electrons. The summed E-state index contributed by atoms with van der Waals surface area (Å²) < 4.78 is 14.5. The summed E-state index contributed by atoms with van der Waals surface area (Å²) in [7, 11) is 0. The van der Waals surface area contributed by atoms with Crippen LogP contribution in [-0.2, 0) is 12.8 Å². The Morgan fingerprint density at radius 3 is 2.81 bits per heavy atom. The normalized spacial score (nSPS) is 15.7. The molecule has 2 nitrogen and oxygen atoms in total. The number of anilines is 2. The van der Waals surface area contributed by atoms with E-state index in [2.05, 4.69) is 17.0 Å². The van der Waals surface area contributed by atoms with Crippen LogP contribution in [0.15, 0.2) is 42.5 Å². The van der Waals surface area contributed by atoms with E-state index in [0.717, 1.165) is 30.6 Å². The number of hydrogen-bond donors (Lipinski definition) is 1. The molecular weight excluding hydrogens is 263 g/mol. The molecule has 2 aromatic carbocycles. The number of para-hydroxylation sites is 2. The molecular formula is C18H21FN2. The molecule has 3 rings (SSSR count). The molecule has 21 heavy (non-hydrogen) atoms. The van der Waals surface area contributed by atoms with Crippen molar-refractivity contribution in [3.05, 3.63) is 59.4 Å². The third-order valence-electron chi connectivity index (χ3n) is 3.99. The first kappa shape index (κ1) is 14.1. The Hall–Kier alpha value is -1.87. The number of halogens is 1. The van der Waals surface area contributed by atoms with Crippen molar-refractivity contribution in [2.75, 3.05) is 11.4 Å². The van der Waals surface area contributed by atoms with Crippen molar-refractivity contribution in [2.24, 2.45) is 5.73 Å². The molecule has 1 atom stereocenters. The minimum atomic E-state index is -0.162. The summed E-state index contributed by atoms with van der Waals surface area (Å²) in [5.41, 5.74) is 10.0. The maximum absolute atomic E-state index is 14.5. The predicted molar refractivity (Wildman–Crippen MR) is 85.5 cm³/mol. The fourth-order valence-electron chi connectivity index (χ4n) is 3.14. The quantitative estimate of drug-likeness (QED) is 0.929. The minimum absolute atomic E-state index is 0.0191. The van der Waals surface area contributed by atoms with Crippen molar-refractivity contribution in [3.8, 4) is 0 Å². The Bertz CT molecular complexity index is 637. The summed E-state index contributed by atoms with van der Waals surface area (Å²) in [4.78, 5) is 2.12. The fourth-order valence-corrected chi connectivity index (χ4v) is 3.14. The summed E-state index contributed by atoms with van der Waals surface area (Å²) in [6, 6.07) is 13.6. The van der Waals surface area contributed by atoms with Crippen LogP contribution < -0.4 is 10.6 Å². The van der Waals surface area contributed by atoms with E-state index in [1.807, 2.05) is 25.1 Å². The Balaban J connectivity index is 2.09. The number of benzene rings is 2. The molecule has 110 valence electrons. The highest BCUT2D eigenvalue weighted by atomic mass is 19.1. The number of aryl methyl sites for hydroxylation is 1. The first-order chi connectivity index (χ1) is 10.2. The number of nitrogens with zero attached hydrogens (tertiary/aromatic N) is 1. The lowest BCUT2D eigenvalue weighted by molar-refractivity contribution is 0.615. The highest BCUT2D eigenvalue weighted by Gasteiger charge is 2.23. The SMILES string of the molecule is CC(N)Cc1cccc(F)c1N1CCCc2ccccc21. The first-order valence-electron chi connectivity index (χ1n) is 7.55. The van der Waals surface area contributed by atoms with Gasteiger partial charge in [0.2, 0.25) is 0 Å². The Kier molecular flexibility index (Phi) is 3.93. The van der Waals surface area contributed by atoms with E-state index in [-0.39, 0.29) is 11.9 Å². The molecule has 0 spiro atoms. The van der Waals surface area contributed by atoms with Crippen LogP contribution in [0, 0.1) is 5.82 Å². The van der Waals surface area contributed by atoms with Gasteiger partial charge in [0.05, 0.1) is 5.69 Å². The summed E-state index contributed by atoms with van der Waals surface area (Å²) in [5, 5.41) is 0. The zero-order valence-electron chi connectivity index (χ0n) is 12.3. The van der Waals surface area contributed by atoms with Gasteiger partial charge in [-0.25, -0.2) is 4.39 Å². The Morgan fingerprint density at radius 2 is 2.00 bits per heavy atom. The standard InChI is InChI=1S/C18H21FN2/c1-13(20)12-15-7-4-9-16(19)18(15)21-11-5-8-14-6-2-3-10-17(14)21/h2-4,6-7,9-10,13H,5,8,11-12,20H2,1H3. The van der Waals surface area contributed by atoms with Crippen LogP contribution in [0.5, 0.6) is 0 Å². The second-order valence-corrected chi connectivity index (χ2v) is 5.81. The van der Waals surface area contributed by atoms with Gasteiger partial charge in [0.1, 0.15) is 5.82 Å². The maximum atomic E-state index is 14.5. The van der Waals surface area contributed by atoms with Crippen LogP contribution in [0.2, 0.25) is 0 Å².